The third kappa shape index (κ3) is 5.31. The van der Waals surface area contributed by atoms with Crippen LogP contribution in [0.2, 0.25) is 0 Å². The van der Waals surface area contributed by atoms with Gasteiger partial charge in [0, 0.05) is 12.1 Å². The van der Waals surface area contributed by atoms with Crippen molar-refractivity contribution in [2.45, 2.75) is 18.7 Å². The maximum atomic E-state index is 12.8. The van der Waals surface area contributed by atoms with Crippen LogP contribution in [0.25, 0.3) is 0 Å². The fraction of sp³-hybridized carbons (Fsp3) is 0.400. The van der Waals surface area contributed by atoms with E-state index in [4.69, 9.17) is 4.74 Å². The summed E-state index contributed by atoms with van der Waals surface area (Å²) in [5.41, 5.74) is 2.10. The molecule has 29 heavy (non-hydrogen) atoms. The largest absolute Gasteiger partial charge is 0.488 e. The fourth-order valence-electron chi connectivity index (χ4n) is 3.53. The van der Waals surface area contributed by atoms with Crippen LogP contribution in [0.15, 0.2) is 47.4 Å². The zero-order valence-electron chi connectivity index (χ0n) is 16.6. The van der Waals surface area contributed by atoms with Crippen molar-refractivity contribution in [1.29, 1.82) is 0 Å². The van der Waals surface area contributed by atoms with Crippen molar-refractivity contribution in [3.8, 4) is 5.75 Å². The van der Waals surface area contributed by atoms with E-state index < -0.39 is 14.9 Å². The summed E-state index contributed by atoms with van der Waals surface area (Å²) in [5, 5.41) is 10.9. The number of sulfonamides is 1. The molecule has 1 heterocycles. The SMILES string of the molecule is Cc1cc(C)cc(OCC[NH+]2CCN(S(=O)(=O)c3cccc([N+](=O)[O-])c3)CC2)c1. The number of aryl methyl sites for hydroxylation is 2. The Hall–Kier alpha value is -2.49. The summed E-state index contributed by atoms with van der Waals surface area (Å²) in [6, 6.07) is 11.3. The lowest BCUT2D eigenvalue weighted by molar-refractivity contribution is -0.903. The van der Waals surface area contributed by atoms with Crippen LogP contribution in [-0.4, -0.2) is 57.0 Å². The smallest absolute Gasteiger partial charge is 0.270 e. The molecule has 2 aromatic rings. The lowest BCUT2D eigenvalue weighted by Crippen LogP contribution is -3.15. The van der Waals surface area contributed by atoms with Crippen molar-refractivity contribution in [2.75, 3.05) is 39.3 Å². The number of ether oxygens (including phenoxy) is 1. The Morgan fingerprint density at radius 2 is 1.76 bits per heavy atom. The van der Waals surface area contributed by atoms with Crippen LogP contribution in [0.3, 0.4) is 0 Å². The molecule has 1 saturated heterocycles. The molecule has 0 spiro atoms. The normalized spacial score (nSPS) is 15.9. The third-order valence-corrected chi connectivity index (χ3v) is 6.91. The minimum absolute atomic E-state index is 0.0340. The second kappa shape index (κ2) is 8.89. The summed E-state index contributed by atoms with van der Waals surface area (Å²) < 4.78 is 32.9. The lowest BCUT2D eigenvalue weighted by Gasteiger charge is -2.31. The van der Waals surface area contributed by atoms with Crippen molar-refractivity contribution < 1.29 is 23.0 Å². The molecule has 156 valence electrons. The van der Waals surface area contributed by atoms with Crippen molar-refractivity contribution in [3.05, 3.63) is 63.7 Å². The predicted molar refractivity (Wildman–Crippen MR) is 109 cm³/mol. The first-order valence-corrected chi connectivity index (χ1v) is 11.0. The van der Waals surface area contributed by atoms with Crippen LogP contribution in [-0.2, 0) is 10.0 Å². The number of nitro benzene ring substituents is 1. The number of nitrogens with one attached hydrogen (secondary N) is 1. The van der Waals surface area contributed by atoms with Crippen molar-refractivity contribution in [2.24, 2.45) is 0 Å². The van der Waals surface area contributed by atoms with Gasteiger partial charge in [-0.05, 0) is 43.2 Å². The highest BCUT2D eigenvalue weighted by Gasteiger charge is 2.31. The minimum Gasteiger partial charge on any atom is -0.488 e. The standard InChI is InChI=1S/C20H25N3O5S/c1-16-12-17(2)14-19(13-16)28-11-10-21-6-8-22(9-7-21)29(26,27)20-5-3-4-18(15-20)23(24)25/h3-5,12-15H,6-11H2,1-2H3/p+1. The quantitative estimate of drug-likeness (QED) is 0.536. The predicted octanol–water partition coefficient (Wildman–Crippen LogP) is 1.18. The zero-order valence-corrected chi connectivity index (χ0v) is 17.4. The molecule has 9 heteroatoms. The first-order chi connectivity index (χ1) is 13.8. The average molecular weight is 421 g/mol. The molecule has 0 aliphatic carbocycles. The molecular weight excluding hydrogens is 394 g/mol. The first-order valence-electron chi connectivity index (χ1n) is 9.55. The Kier molecular flexibility index (Phi) is 6.51. The molecule has 1 aliphatic heterocycles. The molecule has 1 N–H and O–H groups in total. The highest BCUT2D eigenvalue weighted by Crippen LogP contribution is 2.21. The third-order valence-electron chi connectivity index (χ3n) is 5.02. The van der Waals surface area contributed by atoms with E-state index in [1.54, 1.807) is 0 Å². The fourth-order valence-corrected chi connectivity index (χ4v) is 5.01. The summed E-state index contributed by atoms with van der Waals surface area (Å²) in [5.74, 6) is 0.855. The number of non-ortho nitro benzene ring substituents is 1. The molecule has 0 unspecified atom stereocenters. The van der Waals surface area contributed by atoms with Crippen molar-refractivity contribution >= 4 is 15.7 Å². The van der Waals surface area contributed by atoms with Gasteiger partial charge < -0.3 is 9.64 Å². The van der Waals surface area contributed by atoms with Gasteiger partial charge in [-0.25, -0.2) is 8.42 Å². The van der Waals surface area contributed by atoms with E-state index in [9.17, 15) is 18.5 Å². The first kappa shape index (κ1) is 21.2. The highest BCUT2D eigenvalue weighted by atomic mass is 32.2. The maximum absolute atomic E-state index is 12.8. The van der Waals surface area contributed by atoms with Crippen molar-refractivity contribution in [3.63, 3.8) is 0 Å². The van der Waals surface area contributed by atoms with Gasteiger partial charge in [0.05, 0.1) is 36.0 Å². The van der Waals surface area contributed by atoms with Gasteiger partial charge in [0.15, 0.2) is 0 Å². The van der Waals surface area contributed by atoms with Crippen LogP contribution in [0.1, 0.15) is 11.1 Å². The minimum atomic E-state index is -3.73. The van der Waals surface area contributed by atoms with Crippen LogP contribution < -0.4 is 9.64 Å². The van der Waals surface area contributed by atoms with Gasteiger partial charge in [0.25, 0.3) is 5.69 Å². The molecule has 1 aliphatic rings. The molecule has 1 fully saturated rings. The van der Waals surface area contributed by atoms with Crippen molar-refractivity contribution in [1.82, 2.24) is 4.31 Å². The summed E-state index contributed by atoms with van der Waals surface area (Å²) in [7, 11) is -3.73. The van der Waals surface area contributed by atoms with Crippen LogP contribution in [0, 0.1) is 24.0 Å². The van der Waals surface area contributed by atoms with E-state index in [1.165, 1.54) is 27.4 Å². The molecule has 0 amide bonds. The highest BCUT2D eigenvalue weighted by molar-refractivity contribution is 7.89. The zero-order chi connectivity index (χ0) is 21.0. The van der Waals surface area contributed by atoms with Gasteiger partial charge in [-0.15, -0.1) is 0 Å². The van der Waals surface area contributed by atoms with E-state index >= 15 is 0 Å². The molecular formula is C20H26N3O5S+. The van der Waals surface area contributed by atoms with E-state index in [0.29, 0.717) is 32.8 Å². The van der Waals surface area contributed by atoms with Gasteiger partial charge in [-0.1, -0.05) is 12.1 Å². The molecule has 0 saturated carbocycles. The Bertz CT molecular complexity index is 965. The summed E-state index contributed by atoms with van der Waals surface area (Å²) >= 11 is 0. The topological polar surface area (TPSA) is 94.2 Å². The number of hydrogen-bond acceptors (Lipinski definition) is 5. The molecule has 0 atom stereocenters. The van der Waals surface area contributed by atoms with E-state index in [0.717, 1.165) is 29.5 Å². The van der Waals surface area contributed by atoms with Gasteiger partial charge in [-0.2, -0.15) is 4.31 Å². The Balaban J connectivity index is 1.53. The van der Waals surface area contributed by atoms with Crippen LogP contribution >= 0.6 is 0 Å². The second-order valence-corrected chi connectivity index (χ2v) is 9.27. The maximum Gasteiger partial charge on any atom is 0.270 e. The Morgan fingerprint density at radius 1 is 1.10 bits per heavy atom. The van der Waals surface area contributed by atoms with Gasteiger partial charge in [0.1, 0.15) is 18.9 Å². The number of rotatable bonds is 7. The van der Waals surface area contributed by atoms with Crippen LogP contribution in [0.5, 0.6) is 5.75 Å². The average Bonchev–Trinajstić information content (AvgIpc) is 2.68. The van der Waals surface area contributed by atoms with E-state index in [2.05, 4.69) is 6.07 Å². The molecule has 2 aromatic carbocycles. The van der Waals surface area contributed by atoms with Gasteiger partial charge in [0.2, 0.25) is 10.0 Å². The number of benzene rings is 2. The van der Waals surface area contributed by atoms with Gasteiger partial charge >= 0.3 is 0 Å². The number of nitrogens with zero attached hydrogens (tertiary/aromatic N) is 2. The molecule has 0 bridgehead atoms. The van der Waals surface area contributed by atoms with Gasteiger partial charge in [-0.3, -0.25) is 10.1 Å². The number of hydrogen-bond donors (Lipinski definition) is 1. The monoisotopic (exact) mass is 420 g/mol. The van der Waals surface area contributed by atoms with Crippen LogP contribution in [0.4, 0.5) is 5.69 Å². The lowest BCUT2D eigenvalue weighted by atomic mass is 10.1. The summed E-state index contributed by atoms with van der Waals surface area (Å²) in [4.78, 5) is 11.6. The number of nitro groups is 1. The molecule has 3 rings (SSSR count). The molecule has 8 nitrogen and oxygen atoms in total. The van der Waals surface area contributed by atoms with E-state index in [-0.39, 0.29) is 10.6 Å². The number of quaternary nitrogens is 1. The number of piperazine rings is 1. The molecule has 0 radical (unpaired) electrons. The summed E-state index contributed by atoms with van der Waals surface area (Å²) in [6.07, 6.45) is 0. The summed E-state index contributed by atoms with van der Waals surface area (Å²) in [6.45, 7) is 7.52. The second-order valence-electron chi connectivity index (χ2n) is 7.33. The Morgan fingerprint density at radius 3 is 2.38 bits per heavy atom. The van der Waals surface area contributed by atoms with E-state index in [1.807, 2.05) is 26.0 Å². The molecule has 0 aromatic heterocycles. The Labute approximate surface area is 170 Å².